The normalized spacial score (nSPS) is 12.3. The van der Waals surface area contributed by atoms with Gasteiger partial charge >= 0.3 is 5.97 Å². The van der Waals surface area contributed by atoms with Crippen LogP contribution in [0.3, 0.4) is 0 Å². The first-order valence-electron chi connectivity index (χ1n) is 6.07. The summed E-state index contributed by atoms with van der Waals surface area (Å²) in [5, 5.41) is 0. The summed E-state index contributed by atoms with van der Waals surface area (Å²) >= 11 is 0. The van der Waals surface area contributed by atoms with Crippen LogP contribution in [0.5, 0.6) is 0 Å². The molecule has 0 amide bonds. The van der Waals surface area contributed by atoms with Crippen LogP contribution < -0.4 is 5.73 Å². The highest BCUT2D eigenvalue weighted by Crippen LogP contribution is 2.22. The monoisotopic (exact) mass is 261 g/mol. The van der Waals surface area contributed by atoms with Gasteiger partial charge < -0.3 is 14.9 Å². The Hall–Kier alpha value is -2.07. The van der Waals surface area contributed by atoms with E-state index in [4.69, 9.17) is 14.9 Å². The molecular weight excluding hydrogens is 242 g/mol. The van der Waals surface area contributed by atoms with Crippen molar-refractivity contribution in [3.63, 3.8) is 0 Å². The fraction of sp³-hybridized carbons (Fsp3) is 0.267. The Balaban J connectivity index is 2.68. The highest BCUT2D eigenvalue weighted by Gasteiger charge is 2.16. The number of hydrogen-bond donors (Lipinski definition) is 1. The van der Waals surface area contributed by atoms with Crippen molar-refractivity contribution >= 4 is 11.5 Å². The van der Waals surface area contributed by atoms with Gasteiger partial charge in [0.1, 0.15) is 11.5 Å². The minimum absolute atomic E-state index is 0.0930. The van der Waals surface area contributed by atoms with Crippen molar-refractivity contribution in [2.24, 2.45) is 5.73 Å². The van der Waals surface area contributed by atoms with Crippen molar-refractivity contribution in [1.82, 2.24) is 0 Å². The molecule has 4 heteroatoms. The molecule has 1 heterocycles. The lowest BCUT2D eigenvalue weighted by Gasteiger charge is -2.07. The average Bonchev–Trinajstić information content (AvgIpc) is 2.85. The van der Waals surface area contributed by atoms with Gasteiger partial charge in [-0.3, -0.25) is 4.79 Å². The lowest BCUT2D eigenvalue weighted by atomic mass is 10.2. The van der Waals surface area contributed by atoms with E-state index >= 15 is 0 Å². The first-order chi connectivity index (χ1) is 9.08. The quantitative estimate of drug-likeness (QED) is 0.605. The highest BCUT2D eigenvalue weighted by atomic mass is 16.5. The fourth-order valence-electron chi connectivity index (χ4n) is 1.49. The number of esters is 1. The first kappa shape index (κ1) is 15.0. The maximum atomic E-state index is 11.3. The number of rotatable bonds is 7. The first-order valence-corrected chi connectivity index (χ1v) is 6.07. The maximum Gasteiger partial charge on any atom is 0.307 e. The SMILES string of the molecule is C=C/C=C\C(=C)c1ccc(C(N)CC(=O)OCC)o1. The topological polar surface area (TPSA) is 65.5 Å². The number of carbonyl (C=O) groups is 1. The molecular formula is C15H19NO3. The predicted molar refractivity (Wildman–Crippen MR) is 75.3 cm³/mol. The van der Waals surface area contributed by atoms with Gasteiger partial charge in [-0.25, -0.2) is 0 Å². The van der Waals surface area contributed by atoms with Gasteiger partial charge in [-0.15, -0.1) is 0 Å². The molecule has 0 aliphatic heterocycles. The number of carbonyl (C=O) groups excluding carboxylic acids is 1. The van der Waals surface area contributed by atoms with Crippen LogP contribution in [0.4, 0.5) is 0 Å². The van der Waals surface area contributed by atoms with Crippen molar-refractivity contribution in [2.45, 2.75) is 19.4 Å². The third kappa shape index (κ3) is 4.60. The Morgan fingerprint density at radius 1 is 1.58 bits per heavy atom. The summed E-state index contributed by atoms with van der Waals surface area (Å²) in [6.07, 6.45) is 5.30. The Morgan fingerprint density at radius 3 is 2.95 bits per heavy atom. The molecule has 0 saturated carbocycles. The van der Waals surface area contributed by atoms with Crippen LogP contribution in [0.15, 0.2) is 47.9 Å². The number of furan rings is 1. The molecule has 1 aromatic heterocycles. The Bertz CT molecular complexity index is 485. The van der Waals surface area contributed by atoms with Crippen LogP contribution >= 0.6 is 0 Å². The predicted octanol–water partition coefficient (Wildman–Crippen LogP) is 2.99. The van der Waals surface area contributed by atoms with Crippen LogP contribution in [0.25, 0.3) is 5.57 Å². The standard InChI is InChI=1S/C15H19NO3/c1-4-6-7-11(3)13-8-9-14(19-13)12(16)10-15(17)18-5-2/h4,6-9,12H,1,3,5,10,16H2,2H3/b7-6-. The molecule has 1 atom stereocenters. The third-order valence-corrected chi connectivity index (χ3v) is 2.43. The lowest BCUT2D eigenvalue weighted by Crippen LogP contribution is -2.16. The molecule has 0 saturated heterocycles. The molecule has 0 fully saturated rings. The van der Waals surface area contributed by atoms with Gasteiger partial charge in [0.2, 0.25) is 0 Å². The Morgan fingerprint density at radius 2 is 2.32 bits per heavy atom. The van der Waals surface area contributed by atoms with E-state index in [0.717, 1.165) is 5.57 Å². The largest absolute Gasteiger partial charge is 0.466 e. The summed E-state index contributed by atoms with van der Waals surface area (Å²) in [7, 11) is 0. The zero-order valence-corrected chi connectivity index (χ0v) is 11.1. The molecule has 102 valence electrons. The third-order valence-electron chi connectivity index (χ3n) is 2.43. The van der Waals surface area contributed by atoms with Gasteiger partial charge in [0, 0.05) is 5.57 Å². The molecule has 0 aliphatic carbocycles. The summed E-state index contributed by atoms with van der Waals surface area (Å²) in [6, 6.07) is 3.01. The molecule has 0 bridgehead atoms. The van der Waals surface area contributed by atoms with E-state index in [9.17, 15) is 4.79 Å². The van der Waals surface area contributed by atoms with Gasteiger partial charge in [0.05, 0.1) is 19.1 Å². The van der Waals surface area contributed by atoms with Gasteiger partial charge in [-0.1, -0.05) is 31.4 Å². The van der Waals surface area contributed by atoms with Crippen LogP contribution in [0, 0.1) is 0 Å². The smallest absolute Gasteiger partial charge is 0.307 e. The molecule has 2 N–H and O–H groups in total. The Kier molecular flexibility index (Phi) is 5.82. The Labute approximate surface area is 113 Å². The van der Waals surface area contributed by atoms with E-state index in [1.165, 1.54) is 0 Å². The molecule has 1 unspecified atom stereocenters. The minimum atomic E-state index is -0.510. The van der Waals surface area contributed by atoms with Crippen molar-refractivity contribution in [2.75, 3.05) is 6.61 Å². The van der Waals surface area contributed by atoms with E-state index < -0.39 is 6.04 Å². The van der Waals surface area contributed by atoms with E-state index in [-0.39, 0.29) is 12.4 Å². The summed E-state index contributed by atoms with van der Waals surface area (Å²) in [6.45, 7) is 9.54. The lowest BCUT2D eigenvalue weighted by molar-refractivity contribution is -0.143. The number of hydrogen-bond acceptors (Lipinski definition) is 4. The zero-order chi connectivity index (χ0) is 14.3. The average molecular weight is 261 g/mol. The molecule has 0 aromatic carbocycles. The van der Waals surface area contributed by atoms with Gasteiger partial charge in [-0.2, -0.15) is 0 Å². The van der Waals surface area contributed by atoms with Gasteiger partial charge in [-0.05, 0) is 19.1 Å². The van der Waals surface area contributed by atoms with Crippen molar-refractivity contribution in [3.8, 4) is 0 Å². The molecule has 0 radical (unpaired) electrons. The summed E-state index contributed by atoms with van der Waals surface area (Å²) in [5.74, 6) is 0.821. The zero-order valence-electron chi connectivity index (χ0n) is 11.1. The van der Waals surface area contributed by atoms with Gasteiger partial charge in [0.25, 0.3) is 0 Å². The summed E-state index contributed by atoms with van der Waals surface area (Å²) in [5.41, 5.74) is 6.60. The second kappa shape index (κ2) is 7.38. The fourth-order valence-corrected chi connectivity index (χ4v) is 1.49. The van der Waals surface area contributed by atoms with Gasteiger partial charge in [0.15, 0.2) is 0 Å². The van der Waals surface area contributed by atoms with Crippen LogP contribution in [-0.2, 0) is 9.53 Å². The van der Waals surface area contributed by atoms with Crippen LogP contribution in [0.2, 0.25) is 0 Å². The number of ether oxygens (including phenoxy) is 1. The van der Waals surface area contributed by atoms with E-state index in [0.29, 0.717) is 18.1 Å². The molecule has 4 nitrogen and oxygen atoms in total. The van der Waals surface area contributed by atoms with E-state index in [1.54, 1.807) is 37.3 Å². The molecule has 0 aliphatic rings. The molecule has 1 rings (SSSR count). The summed E-state index contributed by atoms with van der Waals surface area (Å²) in [4.78, 5) is 11.3. The maximum absolute atomic E-state index is 11.3. The highest BCUT2D eigenvalue weighted by molar-refractivity contribution is 5.71. The van der Waals surface area contributed by atoms with Crippen molar-refractivity contribution in [3.05, 3.63) is 55.0 Å². The van der Waals surface area contributed by atoms with E-state index in [1.807, 2.05) is 0 Å². The molecule has 0 spiro atoms. The number of allylic oxidation sites excluding steroid dienone is 4. The van der Waals surface area contributed by atoms with Crippen LogP contribution in [0.1, 0.15) is 30.9 Å². The summed E-state index contributed by atoms with van der Waals surface area (Å²) < 4.78 is 10.4. The van der Waals surface area contributed by atoms with Crippen molar-refractivity contribution in [1.29, 1.82) is 0 Å². The number of nitrogens with two attached hydrogens (primary N) is 1. The van der Waals surface area contributed by atoms with E-state index in [2.05, 4.69) is 13.2 Å². The van der Waals surface area contributed by atoms with Crippen molar-refractivity contribution < 1.29 is 13.9 Å². The molecule has 19 heavy (non-hydrogen) atoms. The second-order valence-electron chi connectivity index (χ2n) is 3.94. The second-order valence-corrected chi connectivity index (χ2v) is 3.94. The molecule has 1 aromatic rings. The minimum Gasteiger partial charge on any atom is -0.466 e. The van der Waals surface area contributed by atoms with Crippen LogP contribution in [-0.4, -0.2) is 12.6 Å².